The smallest absolute Gasteiger partial charge is 0.433 e. The number of sulfonamides is 1. The van der Waals surface area contributed by atoms with Crippen LogP contribution in [0.1, 0.15) is 5.69 Å². The quantitative estimate of drug-likeness (QED) is 0.592. The van der Waals surface area contributed by atoms with E-state index in [4.69, 9.17) is 21.1 Å². The molecule has 8 nitrogen and oxygen atoms in total. The minimum atomic E-state index is -4.64. The number of pyridine rings is 3. The van der Waals surface area contributed by atoms with Gasteiger partial charge >= 0.3 is 6.18 Å². The zero-order valence-electron chi connectivity index (χ0n) is 16.1. The van der Waals surface area contributed by atoms with Crippen molar-refractivity contribution in [2.24, 2.45) is 0 Å². The van der Waals surface area contributed by atoms with Crippen molar-refractivity contribution in [1.29, 1.82) is 0 Å². The van der Waals surface area contributed by atoms with Crippen molar-refractivity contribution >= 4 is 27.4 Å². The molecule has 0 atom stereocenters. The number of aromatic nitrogens is 3. The summed E-state index contributed by atoms with van der Waals surface area (Å²) in [5.74, 6) is 0.776. The Hall–Kier alpha value is -3.12. The highest BCUT2D eigenvalue weighted by Crippen LogP contribution is 2.28. The lowest BCUT2D eigenvalue weighted by molar-refractivity contribution is -0.141. The maximum Gasteiger partial charge on any atom is 0.433 e. The van der Waals surface area contributed by atoms with Gasteiger partial charge in [0.05, 0.1) is 25.4 Å². The Morgan fingerprint density at radius 1 is 1.03 bits per heavy atom. The van der Waals surface area contributed by atoms with Crippen LogP contribution < -0.4 is 14.2 Å². The monoisotopic (exact) mass is 476 g/mol. The number of halogens is 4. The first-order valence-electron chi connectivity index (χ1n) is 8.26. The number of hydrogen-bond acceptors (Lipinski definition) is 7. The standard InChI is InChI=1S/C12H10F3N3O3S.C6H6ClNO/c1-21-9-3-2-6-16-11(9)18-22(19,20)8-4-5-10(17-7-8)12(13,14)15;1-9-6-2-5(7)3-8-4-6/h2-7H,1H3,(H,16,18);2-4H,1H3. The van der Waals surface area contributed by atoms with Crippen LogP contribution in [-0.2, 0) is 16.2 Å². The molecule has 0 aliphatic rings. The summed E-state index contributed by atoms with van der Waals surface area (Å²) in [6.45, 7) is 0. The second-order valence-corrected chi connectivity index (χ2v) is 7.70. The van der Waals surface area contributed by atoms with Gasteiger partial charge in [-0.2, -0.15) is 13.2 Å². The predicted octanol–water partition coefficient (Wildman–Crippen LogP) is 4.05. The second kappa shape index (κ2) is 10.3. The highest BCUT2D eigenvalue weighted by Gasteiger charge is 2.32. The predicted molar refractivity (Wildman–Crippen MR) is 107 cm³/mol. The van der Waals surface area contributed by atoms with Gasteiger partial charge in [0.25, 0.3) is 10.0 Å². The van der Waals surface area contributed by atoms with Crippen molar-refractivity contribution in [3.05, 3.63) is 65.8 Å². The van der Waals surface area contributed by atoms with Gasteiger partial charge in [-0.3, -0.25) is 14.7 Å². The molecule has 0 aliphatic heterocycles. The maximum absolute atomic E-state index is 12.4. The van der Waals surface area contributed by atoms with Gasteiger partial charge in [-0.15, -0.1) is 0 Å². The molecule has 0 unspecified atom stereocenters. The van der Waals surface area contributed by atoms with Crippen molar-refractivity contribution in [2.45, 2.75) is 11.1 Å². The normalized spacial score (nSPS) is 11.2. The summed E-state index contributed by atoms with van der Waals surface area (Å²) in [6, 6.07) is 6.12. The van der Waals surface area contributed by atoms with Gasteiger partial charge in [-0.25, -0.2) is 13.4 Å². The van der Waals surface area contributed by atoms with Gasteiger partial charge in [0.2, 0.25) is 0 Å². The molecule has 0 aliphatic carbocycles. The van der Waals surface area contributed by atoms with Crippen LogP contribution in [0.25, 0.3) is 0 Å². The fourth-order valence-corrected chi connectivity index (χ4v) is 3.16. The maximum atomic E-state index is 12.4. The molecule has 0 saturated heterocycles. The highest BCUT2D eigenvalue weighted by atomic mass is 35.5. The van der Waals surface area contributed by atoms with E-state index in [-0.39, 0.29) is 11.6 Å². The van der Waals surface area contributed by atoms with E-state index in [1.165, 1.54) is 25.4 Å². The fourth-order valence-electron chi connectivity index (χ4n) is 2.03. The molecule has 0 aromatic carbocycles. The minimum Gasteiger partial charge on any atom is -0.495 e. The Morgan fingerprint density at radius 3 is 2.29 bits per heavy atom. The second-order valence-electron chi connectivity index (χ2n) is 5.58. The highest BCUT2D eigenvalue weighted by molar-refractivity contribution is 7.92. The lowest BCUT2D eigenvalue weighted by Gasteiger charge is -2.11. The SMILES string of the molecule is COc1cccnc1NS(=O)(=O)c1ccc(C(F)(F)F)nc1.COc1cncc(Cl)c1. The number of ether oxygens (including phenoxy) is 2. The lowest BCUT2D eigenvalue weighted by Crippen LogP contribution is -2.16. The zero-order valence-corrected chi connectivity index (χ0v) is 17.7. The van der Waals surface area contributed by atoms with Crippen LogP contribution in [-0.4, -0.2) is 37.6 Å². The molecule has 0 spiro atoms. The Bertz CT molecular complexity index is 1110. The van der Waals surface area contributed by atoms with Gasteiger partial charge in [0.1, 0.15) is 16.3 Å². The third kappa shape index (κ3) is 6.96. The van der Waals surface area contributed by atoms with Crippen LogP contribution in [0.5, 0.6) is 11.5 Å². The fraction of sp³-hybridized carbons (Fsp3) is 0.167. The minimum absolute atomic E-state index is 0.0788. The van der Waals surface area contributed by atoms with Crippen molar-refractivity contribution in [1.82, 2.24) is 15.0 Å². The molecule has 0 saturated carbocycles. The molecule has 1 N–H and O–H groups in total. The molecular formula is C18H16ClF3N4O4S. The summed E-state index contributed by atoms with van der Waals surface area (Å²) in [7, 11) is -1.23. The molecule has 3 rings (SSSR count). The average molecular weight is 477 g/mol. The molecule has 0 radical (unpaired) electrons. The van der Waals surface area contributed by atoms with Gasteiger partial charge in [0.15, 0.2) is 11.6 Å². The molecule has 31 heavy (non-hydrogen) atoms. The molecule has 0 amide bonds. The van der Waals surface area contributed by atoms with Gasteiger partial charge < -0.3 is 9.47 Å². The van der Waals surface area contributed by atoms with E-state index in [1.807, 2.05) is 0 Å². The van der Waals surface area contributed by atoms with E-state index in [0.717, 1.165) is 6.07 Å². The van der Waals surface area contributed by atoms with E-state index in [2.05, 4.69) is 19.7 Å². The molecular weight excluding hydrogens is 461 g/mol. The van der Waals surface area contributed by atoms with Gasteiger partial charge in [-0.1, -0.05) is 11.6 Å². The van der Waals surface area contributed by atoms with Crippen molar-refractivity contribution in [2.75, 3.05) is 18.9 Å². The summed E-state index contributed by atoms with van der Waals surface area (Å²) in [5.41, 5.74) is -1.18. The third-order valence-corrected chi connectivity index (χ3v) is 5.01. The number of nitrogens with one attached hydrogen (secondary N) is 1. The number of nitrogens with zero attached hydrogens (tertiary/aromatic N) is 3. The molecule has 13 heteroatoms. The van der Waals surface area contributed by atoms with E-state index >= 15 is 0 Å². The Morgan fingerprint density at radius 2 is 1.77 bits per heavy atom. The van der Waals surface area contributed by atoms with Crippen molar-refractivity contribution in [3.63, 3.8) is 0 Å². The molecule has 0 fully saturated rings. The molecule has 0 bridgehead atoms. The van der Waals surface area contributed by atoms with Crippen LogP contribution in [0.3, 0.4) is 0 Å². The summed E-state index contributed by atoms with van der Waals surface area (Å²) in [4.78, 5) is 10.3. The van der Waals surface area contributed by atoms with Gasteiger partial charge in [-0.05, 0) is 24.3 Å². The number of hydrogen-bond donors (Lipinski definition) is 1. The summed E-state index contributed by atoms with van der Waals surface area (Å²) < 4.78 is 73.3. The zero-order chi connectivity index (χ0) is 23.1. The molecule has 3 aromatic heterocycles. The molecule has 3 heterocycles. The third-order valence-electron chi connectivity index (χ3n) is 3.47. The van der Waals surface area contributed by atoms with Gasteiger partial charge in [0, 0.05) is 24.7 Å². The largest absolute Gasteiger partial charge is 0.495 e. The van der Waals surface area contributed by atoms with Crippen LogP contribution in [0.4, 0.5) is 19.0 Å². The molecule has 3 aromatic rings. The van der Waals surface area contributed by atoms with Crippen LogP contribution in [0, 0.1) is 0 Å². The Labute approximate surface area is 181 Å². The van der Waals surface area contributed by atoms with Crippen LogP contribution in [0.2, 0.25) is 5.02 Å². The summed E-state index contributed by atoms with van der Waals surface area (Å²) in [6.07, 6.45) is 0.488. The number of anilines is 1. The van der Waals surface area contributed by atoms with E-state index < -0.39 is 26.8 Å². The first kappa shape index (κ1) is 24.2. The van der Waals surface area contributed by atoms with Crippen molar-refractivity contribution < 1.29 is 31.1 Å². The topological polar surface area (TPSA) is 103 Å². The van der Waals surface area contributed by atoms with Crippen LogP contribution in [0.15, 0.2) is 60.0 Å². The Balaban J connectivity index is 0.000000316. The summed E-state index contributed by atoms with van der Waals surface area (Å²) in [5, 5.41) is 0.592. The number of alkyl halides is 3. The lowest BCUT2D eigenvalue weighted by atomic mass is 10.3. The van der Waals surface area contributed by atoms with E-state index in [0.29, 0.717) is 23.0 Å². The summed E-state index contributed by atoms with van der Waals surface area (Å²) >= 11 is 5.58. The number of rotatable bonds is 5. The molecule has 166 valence electrons. The number of methoxy groups -OCH3 is 2. The van der Waals surface area contributed by atoms with Crippen LogP contribution >= 0.6 is 11.6 Å². The first-order valence-corrected chi connectivity index (χ1v) is 10.1. The first-order chi connectivity index (χ1) is 14.6. The Kier molecular flexibility index (Phi) is 8.00. The van der Waals surface area contributed by atoms with E-state index in [1.54, 1.807) is 25.6 Å². The average Bonchev–Trinajstić information content (AvgIpc) is 2.74. The van der Waals surface area contributed by atoms with Crippen molar-refractivity contribution in [3.8, 4) is 11.5 Å². The van der Waals surface area contributed by atoms with E-state index in [9.17, 15) is 21.6 Å².